The fraction of sp³-hybridized carbons (Fsp3) is 1.00. The molecule has 0 amide bonds. The summed E-state index contributed by atoms with van der Waals surface area (Å²) in [4.78, 5) is 0. The largest absolute Gasteiger partial charge is 0.390 e. The average molecular weight is 241 g/mol. The van der Waals surface area contributed by atoms with Crippen LogP contribution in [0.4, 0.5) is 0 Å². The number of aliphatic hydroxyl groups is 1. The first-order valence-corrected chi connectivity index (χ1v) is 7.29. The van der Waals surface area contributed by atoms with Crippen molar-refractivity contribution in [3.63, 3.8) is 0 Å². The van der Waals surface area contributed by atoms with E-state index in [1.165, 1.54) is 38.5 Å². The van der Waals surface area contributed by atoms with E-state index in [0.717, 1.165) is 13.0 Å². The molecule has 17 heavy (non-hydrogen) atoms. The van der Waals surface area contributed by atoms with Crippen LogP contribution in [0, 0.1) is 5.92 Å². The van der Waals surface area contributed by atoms with E-state index in [4.69, 9.17) is 0 Å². The van der Waals surface area contributed by atoms with E-state index in [0.29, 0.717) is 5.92 Å². The zero-order valence-corrected chi connectivity index (χ0v) is 12.2. The normalized spacial score (nSPS) is 23.1. The summed E-state index contributed by atoms with van der Waals surface area (Å²) in [6, 6.07) is 0. The number of hydrogen-bond acceptors (Lipinski definition) is 2. The van der Waals surface area contributed by atoms with Crippen molar-refractivity contribution in [2.75, 3.05) is 6.54 Å². The monoisotopic (exact) mass is 241 g/mol. The second-order valence-electron chi connectivity index (χ2n) is 6.97. The Hall–Kier alpha value is -0.0800. The summed E-state index contributed by atoms with van der Waals surface area (Å²) < 4.78 is 0. The van der Waals surface area contributed by atoms with Gasteiger partial charge < -0.3 is 10.4 Å². The van der Waals surface area contributed by atoms with Gasteiger partial charge in [0, 0.05) is 5.54 Å². The van der Waals surface area contributed by atoms with Crippen molar-refractivity contribution in [2.24, 2.45) is 5.92 Å². The lowest BCUT2D eigenvalue weighted by Gasteiger charge is -2.34. The summed E-state index contributed by atoms with van der Waals surface area (Å²) in [5, 5.41) is 14.1. The van der Waals surface area contributed by atoms with E-state index in [1.54, 1.807) is 0 Å². The van der Waals surface area contributed by atoms with Crippen molar-refractivity contribution < 1.29 is 5.11 Å². The van der Waals surface area contributed by atoms with Gasteiger partial charge in [0.15, 0.2) is 0 Å². The molecule has 0 bridgehead atoms. The topological polar surface area (TPSA) is 32.3 Å². The van der Waals surface area contributed by atoms with E-state index in [1.807, 2.05) is 6.92 Å². The fourth-order valence-corrected chi connectivity index (χ4v) is 2.80. The van der Waals surface area contributed by atoms with Crippen LogP contribution in [0.1, 0.15) is 72.6 Å². The summed E-state index contributed by atoms with van der Waals surface area (Å²) in [6.07, 6.45) is 8.60. The molecule has 2 N–H and O–H groups in total. The second-order valence-corrected chi connectivity index (χ2v) is 6.97. The quantitative estimate of drug-likeness (QED) is 0.739. The molecule has 1 aliphatic rings. The van der Waals surface area contributed by atoms with Crippen LogP contribution >= 0.6 is 0 Å². The highest BCUT2D eigenvalue weighted by Gasteiger charge is 2.31. The number of nitrogens with one attached hydrogen (secondary N) is 1. The maximum Gasteiger partial charge on any atom is 0.0659 e. The molecule has 2 heteroatoms. The van der Waals surface area contributed by atoms with Gasteiger partial charge in [-0.2, -0.15) is 0 Å². The van der Waals surface area contributed by atoms with Crippen LogP contribution in [0.25, 0.3) is 0 Å². The van der Waals surface area contributed by atoms with Gasteiger partial charge in [-0.25, -0.2) is 0 Å². The first-order valence-electron chi connectivity index (χ1n) is 7.29. The molecule has 0 radical (unpaired) electrons. The third kappa shape index (κ3) is 5.87. The fourth-order valence-electron chi connectivity index (χ4n) is 2.80. The summed E-state index contributed by atoms with van der Waals surface area (Å²) in [5.41, 5.74) is -0.331. The molecular weight excluding hydrogens is 210 g/mol. The molecule has 1 fully saturated rings. The summed E-state index contributed by atoms with van der Waals surface area (Å²) >= 11 is 0. The molecule has 0 aromatic carbocycles. The van der Waals surface area contributed by atoms with Gasteiger partial charge >= 0.3 is 0 Å². The van der Waals surface area contributed by atoms with Crippen molar-refractivity contribution in [1.82, 2.24) is 5.32 Å². The minimum Gasteiger partial charge on any atom is -0.390 e. The van der Waals surface area contributed by atoms with Gasteiger partial charge in [0.2, 0.25) is 0 Å². The molecule has 0 aromatic heterocycles. The first kappa shape index (κ1) is 15.0. The average Bonchev–Trinajstić information content (AvgIpc) is 2.43. The van der Waals surface area contributed by atoms with Crippen molar-refractivity contribution >= 4 is 0 Å². The van der Waals surface area contributed by atoms with Gasteiger partial charge in [-0.15, -0.1) is 0 Å². The zero-order chi connectivity index (χ0) is 12.9. The van der Waals surface area contributed by atoms with Crippen LogP contribution < -0.4 is 5.32 Å². The molecular formula is C15H31NO. The Morgan fingerprint density at radius 3 is 2.00 bits per heavy atom. The SMILES string of the molecule is CC(C)(C)NCCC(C)(O)C1CCCCCC1. The highest BCUT2D eigenvalue weighted by molar-refractivity contribution is 4.85. The molecule has 0 aliphatic heterocycles. The smallest absolute Gasteiger partial charge is 0.0659 e. The lowest BCUT2D eigenvalue weighted by molar-refractivity contribution is -0.0155. The highest BCUT2D eigenvalue weighted by atomic mass is 16.3. The molecule has 1 atom stereocenters. The highest BCUT2D eigenvalue weighted by Crippen LogP contribution is 2.33. The Morgan fingerprint density at radius 2 is 1.53 bits per heavy atom. The molecule has 102 valence electrons. The number of hydrogen-bond donors (Lipinski definition) is 2. The van der Waals surface area contributed by atoms with E-state index < -0.39 is 5.60 Å². The molecule has 1 unspecified atom stereocenters. The van der Waals surface area contributed by atoms with Gasteiger partial charge in [-0.3, -0.25) is 0 Å². The van der Waals surface area contributed by atoms with Crippen molar-refractivity contribution in [3.8, 4) is 0 Å². The van der Waals surface area contributed by atoms with Crippen LogP contribution in [0.2, 0.25) is 0 Å². The van der Waals surface area contributed by atoms with E-state index in [9.17, 15) is 5.11 Å². The maximum atomic E-state index is 10.6. The summed E-state index contributed by atoms with van der Waals surface area (Å²) in [5.74, 6) is 0.506. The second kappa shape index (κ2) is 6.19. The maximum absolute atomic E-state index is 10.6. The Kier molecular flexibility index (Phi) is 5.46. The number of rotatable bonds is 4. The molecule has 0 spiro atoms. The van der Waals surface area contributed by atoms with Crippen LogP contribution in [-0.2, 0) is 0 Å². The van der Waals surface area contributed by atoms with Crippen LogP contribution in [0.3, 0.4) is 0 Å². The first-order chi connectivity index (χ1) is 7.81. The molecule has 0 saturated heterocycles. The van der Waals surface area contributed by atoms with E-state index in [-0.39, 0.29) is 5.54 Å². The molecule has 1 rings (SSSR count). The Labute approximate surface area is 107 Å². The van der Waals surface area contributed by atoms with Gasteiger partial charge in [-0.05, 0) is 59.4 Å². The van der Waals surface area contributed by atoms with Gasteiger partial charge in [0.25, 0.3) is 0 Å². The molecule has 1 aliphatic carbocycles. The van der Waals surface area contributed by atoms with Gasteiger partial charge in [-0.1, -0.05) is 25.7 Å². The summed E-state index contributed by atoms with van der Waals surface area (Å²) in [6.45, 7) is 9.47. The van der Waals surface area contributed by atoms with Gasteiger partial charge in [0.05, 0.1) is 5.60 Å². The minimum absolute atomic E-state index is 0.152. The molecule has 0 aromatic rings. The third-order valence-electron chi connectivity index (χ3n) is 4.02. The van der Waals surface area contributed by atoms with Crippen LogP contribution in [0.15, 0.2) is 0 Å². The Morgan fingerprint density at radius 1 is 1.00 bits per heavy atom. The molecule has 2 nitrogen and oxygen atoms in total. The predicted molar refractivity (Wildman–Crippen MR) is 74.2 cm³/mol. The molecule has 1 saturated carbocycles. The van der Waals surface area contributed by atoms with E-state index in [2.05, 4.69) is 26.1 Å². The van der Waals surface area contributed by atoms with E-state index >= 15 is 0 Å². The van der Waals surface area contributed by atoms with Crippen molar-refractivity contribution in [2.45, 2.75) is 83.8 Å². The Bertz CT molecular complexity index is 209. The minimum atomic E-state index is -0.484. The predicted octanol–water partition coefficient (Wildman–Crippen LogP) is 3.49. The lowest BCUT2D eigenvalue weighted by Crippen LogP contribution is -2.42. The van der Waals surface area contributed by atoms with Crippen LogP contribution in [0.5, 0.6) is 0 Å². The molecule has 0 heterocycles. The van der Waals surface area contributed by atoms with Crippen molar-refractivity contribution in [1.29, 1.82) is 0 Å². The van der Waals surface area contributed by atoms with Gasteiger partial charge in [0.1, 0.15) is 0 Å². The summed E-state index contributed by atoms with van der Waals surface area (Å²) in [7, 11) is 0. The van der Waals surface area contributed by atoms with Crippen molar-refractivity contribution in [3.05, 3.63) is 0 Å². The zero-order valence-electron chi connectivity index (χ0n) is 12.2. The van der Waals surface area contributed by atoms with Crippen LogP contribution in [-0.4, -0.2) is 22.8 Å². The lowest BCUT2D eigenvalue weighted by atomic mass is 9.81. The standard InChI is InChI=1S/C15H31NO/c1-14(2,3)16-12-11-15(4,17)13-9-7-5-6-8-10-13/h13,16-17H,5-12H2,1-4H3. The Balaban J connectivity index is 2.37. The third-order valence-corrected chi connectivity index (χ3v) is 4.02.